The number of hydrogen-bond acceptors (Lipinski definition) is 5. The van der Waals surface area contributed by atoms with E-state index >= 15 is 0 Å². The second kappa shape index (κ2) is 57.9. The average Bonchev–Trinajstić information content (AvgIpc) is 3.34. The third-order valence-corrected chi connectivity index (χ3v) is 14.3. The molecular formula is C62H119NO5. The van der Waals surface area contributed by atoms with E-state index in [4.69, 9.17) is 4.74 Å². The van der Waals surface area contributed by atoms with E-state index in [9.17, 15) is 19.8 Å². The Hall–Kier alpha value is -1.66. The van der Waals surface area contributed by atoms with Crippen molar-refractivity contribution < 1.29 is 24.5 Å². The Labute approximate surface area is 424 Å². The van der Waals surface area contributed by atoms with Crippen LogP contribution in [0.4, 0.5) is 0 Å². The fourth-order valence-electron chi connectivity index (χ4n) is 9.55. The molecule has 0 bridgehead atoms. The van der Waals surface area contributed by atoms with Crippen LogP contribution >= 0.6 is 0 Å². The van der Waals surface area contributed by atoms with E-state index in [0.29, 0.717) is 25.9 Å². The Balaban J connectivity index is 3.43. The Kier molecular flexibility index (Phi) is 56.5. The molecule has 0 aromatic heterocycles. The number of esters is 1. The van der Waals surface area contributed by atoms with Crippen LogP contribution in [0.3, 0.4) is 0 Å². The number of nitrogens with one attached hydrogen (secondary N) is 1. The van der Waals surface area contributed by atoms with Crippen LogP contribution in [0.2, 0.25) is 0 Å². The highest BCUT2D eigenvalue weighted by Crippen LogP contribution is 2.17. The minimum atomic E-state index is -0.668. The van der Waals surface area contributed by atoms with Crippen LogP contribution in [0.5, 0.6) is 0 Å². The minimum Gasteiger partial charge on any atom is -0.466 e. The van der Waals surface area contributed by atoms with Crippen molar-refractivity contribution in [3.05, 3.63) is 24.3 Å². The van der Waals surface area contributed by atoms with Gasteiger partial charge in [0.1, 0.15) is 0 Å². The topological polar surface area (TPSA) is 95.9 Å². The summed E-state index contributed by atoms with van der Waals surface area (Å²) in [7, 11) is 0. The normalized spacial score (nSPS) is 12.7. The van der Waals surface area contributed by atoms with Gasteiger partial charge in [-0.3, -0.25) is 9.59 Å². The second-order valence-corrected chi connectivity index (χ2v) is 21.0. The summed E-state index contributed by atoms with van der Waals surface area (Å²) in [4.78, 5) is 24.5. The monoisotopic (exact) mass is 958 g/mol. The lowest BCUT2D eigenvalue weighted by Crippen LogP contribution is -2.45. The molecule has 0 aliphatic carbocycles. The number of amides is 1. The highest BCUT2D eigenvalue weighted by Gasteiger charge is 2.20. The zero-order valence-electron chi connectivity index (χ0n) is 45.9. The summed E-state index contributed by atoms with van der Waals surface area (Å²) in [6, 6.07) is -0.545. The molecule has 1 amide bonds. The first-order chi connectivity index (χ1) is 33.5. The lowest BCUT2D eigenvalue weighted by Gasteiger charge is -2.22. The van der Waals surface area contributed by atoms with Gasteiger partial charge in [0, 0.05) is 12.8 Å². The summed E-state index contributed by atoms with van der Waals surface area (Å²) in [5.41, 5.74) is 0. The number of unbranched alkanes of at least 4 members (excludes halogenated alkanes) is 42. The van der Waals surface area contributed by atoms with Gasteiger partial charge in [0.2, 0.25) is 5.91 Å². The number of aliphatic hydroxyl groups is 2. The van der Waals surface area contributed by atoms with E-state index in [-0.39, 0.29) is 18.5 Å². The van der Waals surface area contributed by atoms with E-state index in [0.717, 1.165) is 44.9 Å². The maximum atomic E-state index is 12.5. The van der Waals surface area contributed by atoms with Crippen molar-refractivity contribution in [1.29, 1.82) is 0 Å². The summed E-state index contributed by atoms with van der Waals surface area (Å²) in [6.07, 6.45) is 70.4. The van der Waals surface area contributed by atoms with Gasteiger partial charge in [-0.1, -0.05) is 289 Å². The standard InChI is InChI=1S/C62H119NO5/c1-3-5-7-9-11-13-15-16-28-31-35-38-42-46-50-54-60(65)59(58-64)63-61(66)55-51-47-43-39-36-32-29-26-24-22-20-18-17-19-21-23-25-27-30-33-37-41-45-49-53-57-68-62(67)56-52-48-44-40-34-14-12-10-8-6-4-2/h18-21,59-60,64-65H,3-17,22-58H2,1-2H3,(H,63,66)/b20-18-,21-19-. The zero-order chi connectivity index (χ0) is 49.3. The number of rotatable bonds is 57. The predicted octanol–water partition coefficient (Wildman–Crippen LogP) is 19.0. The predicted molar refractivity (Wildman–Crippen MR) is 296 cm³/mol. The molecule has 0 spiro atoms. The van der Waals surface area contributed by atoms with Gasteiger partial charge in [-0.15, -0.1) is 0 Å². The third-order valence-electron chi connectivity index (χ3n) is 14.3. The summed E-state index contributed by atoms with van der Waals surface area (Å²) >= 11 is 0. The summed E-state index contributed by atoms with van der Waals surface area (Å²) in [5, 5.41) is 23.3. The molecule has 0 aliphatic heterocycles. The van der Waals surface area contributed by atoms with E-state index < -0.39 is 12.1 Å². The molecule has 6 nitrogen and oxygen atoms in total. The molecule has 3 N–H and O–H groups in total. The molecule has 0 aliphatic rings. The quantitative estimate of drug-likeness (QED) is 0.0321. The van der Waals surface area contributed by atoms with E-state index in [1.54, 1.807) is 0 Å². The van der Waals surface area contributed by atoms with Gasteiger partial charge < -0.3 is 20.3 Å². The number of carbonyl (C=O) groups is 2. The van der Waals surface area contributed by atoms with E-state index in [1.807, 2.05) is 0 Å². The van der Waals surface area contributed by atoms with Crippen molar-refractivity contribution in [2.75, 3.05) is 13.2 Å². The molecule has 0 radical (unpaired) electrons. The van der Waals surface area contributed by atoms with Crippen LogP contribution in [0.15, 0.2) is 24.3 Å². The van der Waals surface area contributed by atoms with Crippen molar-refractivity contribution in [1.82, 2.24) is 5.32 Å². The number of allylic oxidation sites excluding steroid dienone is 4. The Morgan fingerprint density at radius 1 is 0.412 bits per heavy atom. The molecule has 0 aromatic rings. The number of hydrogen-bond donors (Lipinski definition) is 3. The summed E-state index contributed by atoms with van der Waals surface area (Å²) < 4.78 is 5.46. The molecular weight excluding hydrogens is 839 g/mol. The van der Waals surface area contributed by atoms with Crippen LogP contribution in [-0.4, -0.2) is 47.4 Å². The fraction of sp³-hybridized carbons (Fsp3) is 0.903. The Morgan fingerprint density at radius 3 is 1.12 bits per heavy atom. The highest BCUT2D eigenvalue weighted by atomic mass is 16.5. The molecule has 0 heterocycles. The third kappa shape index (κ3) is 53.7. The average molecular weight is 959 g/mol. The first-order valence-corrected chi connectivity index (χ1v) is 30.6. The molecule has 6 heteroatoms. The number of carbonyl (C=O) groups excluding carboxylic acids is 2. The maximum Gasteiger partial charge on any atom is 0.305 e. The highest BCUT2D eigenvalue weighted by molar-refractivity contribution is 5.76. The number of ether oxygens (including phenoxy) is 1. The van der Waals surface area contributed by atoms with Crippen molar-refractivity contribution in [3.63, 3.8) is 0 Å². The molecule has 2 atom stereocenters. The van der Waals surface area contributed by atoms with Crippen LogP contribution in [0.25, 0.3) is 0 Å². The summed E-state index contributed by atoms with van der Waals surface area (Å²) in [6.45, 7) is 4.96. The molecule has 0 fully saturated rings. The van der Waals surface area contributed by atoms with Crippen LogP contribution in [0.1, 0.15) is 335 Å². The molecule has 0 saturated heterocycles. The maximum absolute atomic E-state index is 12.5. The van der Waals surface area contributed by atoms with E-state index in [2.05, 4.69) is 43.5 Å². The molecule has 68 heavy (non-hydrogen) atoms. The Bertz CT molecular complexity index is 1060. The van der Waals surface area contributed by atoms with Gasteiger partial charge in [-0.2, -0.15) is 0 Å². The van der Waals surface area contributed by atoms with Crippen molar-refractivity contribution in [2.45, 2.75) is 347 Å². The van der Waals surface area contributed by atoms with Crippen LogP contribution < -0.4 is 5.32 Å². The van der Waals surface area contributed by atoms with Crippen molar-refractivity contribution in [2.24, 2.45) is 0 Å². The van der Waals surface area contributed by atoms with Gasteiger partial charge in [0.15, 0.2) is 0 Å². The lowest BCUT2D eigenvalue weighted by molar-refractivity contribution is -0.143. The molecule has 0 rings (SSSR count). The number of aliphatic hydroxyl groups excluding tert-OH is 2. The second-order valence-electron chi connectivity index (χ2n) is 21.0. The summed E-state index contributed by atoms with van der Waals surface area (Å²) in [5.74, 6) is -0.0304. The largest absolute Gasteiger partial charge is 0.466 e. The van der Waals surface area contributed by atoms with Gasteiger partial charge >= 0.3 is 5.97 Å². The lowest BCUT2D eigenvalue weighted by atomic mass is 10.0. The Morgan fingerprint density at radius 2 is 0.735 bits per heavy atom. The van der Waals surface area contributed by atoms with Crippen molar-refractivity contribution in [3.8, 4) is 0 Å². The van der Waals surface area contributed by atoms with Gasteiger partial charge in [-0.25, -0.2) is 0 Å². The van der Waals surface area contributed by atoms with Crippen LogP contribution in [0, 0.1) is 0 Å². The van der Waals surface area contributed by atoms with Crippen LogP contribution in [-0.2, 0) is 14.3 Å². The first kappa shape index (κ1) is 66.3. The van der Waals surface area contributed by atoms with Crippen molar-refractivity contribution >= 4 is 11.9 Å². The first-order valence-electron chi connectivity index (χ1n) is 30.6. The zero-order valence-corrected chi connectivity index (χ0v) is 45.9. The molecule has 0 aromatic carbocycles. The molecule has 0 saturated carbocycles. The smallest absolute Gasteiger partial charge is 0.305 e. The van der Waals surface area contributed by atoms with E-state index in [1.165, 1.54) is 257 Å². The fourth-order valence-corrected chi connectivity index (χ4v) is 9.55. The SMILES string of the molecule is CCCCCCCCCCCCCCCCCC(O)C(CO)NC(=O)CCCCCCCCCCC/C=C\C/C=C\CCCCCCCCCCCOC(=O)CCCCCCCCCCCCC. The van der Waals surface area contributed by atoms with Gasteiger partial charge in [0.05, 0.1) is 25.4 Å². The molecule has 402 valence electrons. The minimum absolute atomic E-state index is 0.00892. The van der Waals surface area contributed by atoms with Gasteiger partial charge in [0.25, 0.3) is 0 Å². The van der Waals surface area contributed by atoms with Gasteiger partial charge in [-0.05, 0) is 57.8 Å². The molecule has 2 unspecified atom stereocenters.